The van der Waals surface area contributed by atoms with Crippen molar-refractivity contribution in [2.45, 2.75) is 51.4 Å². The Bertz CT molecular complexity index is 269. The molecular weight excluding hydrogens is 192 g/mol. The van der Waals surface area contributed by atoms with Gasteiger partial charge in [0, 0.05) is 7.11 Å². The summed E-state index contributed by atoms with van der Waals surface area (Å²) in [5, 5.41) is 4.99. The SMILES string of the molecule is [3H]O[C@H]1[C@H]2OC[C@]1(C(C)(C)OC)CC[C@H]2C. The van der Waals surface area contributed by atoms with Crippen LogP contribution in [0.3, 0.4) is 0 Å². The minimum absolute atomic E-state index is 0.0562. The average molecular weight is 216 g/mol. The average Bonchev–Trinajstić information content (AvgIpc) is 2.57. The summed E-state index contributed by atoms with van der Waals surface area (Å²) < 4.78 is 18.8. The quantitative estimate of drug-likeness (QED) is 0.778. The first kappa shape index (κ1) is 10.1. The lowest BCUT2D eigenvalue weighted by atomic mass is 9.62. The number of hydrogen-bond acceptors (Lipinski definition) is 3. The zero-order chi connectivity index (χ0) is 12.0. The highest BCUT2D eigenvalue weighted by molar-refractivity contribution is 5.09. The van der Waals surface area contributed by atoms with Gasteiger partial charge in [0.25, 0.3) is 0 Å². The van der Waals surface area contributed by atoms with E-state index in [1.807, 2.05) is 0 Å². The fourth-order valence-electron chi connectivity index (χ4n) is 3.08. The van der Waals surface area contributed by atoms with Crippen LogP contribution in [0.4, 0.5) is 0 Å². The van der Waals surface area contributed by atoms with E-state index in [2.05, 4.69) is 20.8 Å². The molecule has 4 atom stereocenters. The number of fused-ring (bicyclic) bond motifs is 2. The fraction of sp³-hybridized carbons (Fsp3) is 1.00. The third-order valence-electron chi connectivity index (χ3n) is 4.69. The molecule has 88 valence electrons. The van der Waals surface area contributed by atoms with Crippen LogP contribution in [0.2, 0.25) is 0 Å². The summed E-state index contributed by atoms with van der Waals surface area (Å²) in [6.45, 7) is 6.96. The summed E-state index contributed by atoms with van der Waals surface area (Å²) in [6.07, 6.45) is 2.03. The van der Waals surface area contributed by atoms with Gasteiger partial charge < -0.3 is 14.6 Å². The van der Waals surface area contributed by atoms with E-state index in [1.165, 1.54) is 0 Å². The van der Waals surface area contributed by atoms with E-state index in [1.54, 1.807) is 7.11 Å². The second kappa shape index (κ2) is 3.44. The van der Waals surface area contributed by atoms with Crippen molar-refractivity contribution in [1.82, 2.24) is 0 Å². The van der Waals surface area contributed by atoms with Gasteiger partial charge in [0.05, 0.1) is 29.8 Å². The molecule has 0 unspecified atom stereocenters. The molecule has 0 radical (unpaired) electrons. The molecule has 0 aromatic rings. The summed E-state index contributed by atoms with van der Waals surface area (Å²) in [5.74, 6) is 0.471. The number of aliphatic hydroxyl groups is 1. The fourth-order valence-corrected chi connectivity index (χ4v) is 3.08. The summed E-state index contributed by atoms with van der Waals surface area (Å²) >= 11 is 0. The van der Waals surface area contributed by atoms with Gasteiger partial charge in [-0.1, -0.05) is 6.92 Å². The highest BCUT2D eigenvalue weighted by Gasteiger charge is 2.61. The summed E-state index contributed by atoms with van der Waals surface area (Å²) in [6, 6.07) is 0. The van der Waals surface area contributed by atoms with Crippen molar-refractivity contribution in [2.75, 3.05) is 13.7 Å². The molecule has 1 N–H and O–H groups in total. The van der Waals surface area contributed by atoms with E-state index in [0.717, 1.165) is 12.8 Å². The van der Waals surface area contributed by atoms with Crippen LogP contribution >= 0.6 is 0 Å². The van der Waals surface area contributed by atoms with E-state index < -0.39 is 0 Å². The molecule has 3 heteroatoms. The van der Waals surface area contributed by atoms with Crippen LogP contribution in [0.5, 0.6) is 0 Å². The van der Waals surface area contributed by atoms with Gasteiger partial charge in [0.1, 0.15) is 0 Å². The van der Waals surface area contributed by atoms with Crippen molar-refractivity contribution >= 4 is 0 Å². The topological polar surface area (TPSA) is 38.7 Å². The second-order valence-corrected chi connectivity index (χ2v) is 5.58. The molecule has 0 aromatic heterocycles. The molecule has 1 saturated carbocycles. The lowest BCUT2D eigenvalue weighted by Gasteiger charge is -2.48. The van der Waals surface area contributed by atoms with Crippen LogP contribution in [-0.4, -0.2) is 38.1 Å². The molecular formula is C12H22O3. The molecule has 1 heterocycles. The molecule has 3 nitrogen and oxygen atoms in total. The molecule has 1 saturated heterocycles. The third kappa shape index (κ3) is 1.37. The Morgan fingerprint density at radius 3 is 2.93 bits per heavy atom. The Balaban J connectivity index is 2.33. The number of aliphatic hydroxyl groups excluding tert-OH is 1. The maximum absolute atomic E-state index is 7.33. The second-order valence-electron chi connectivity index (χ2n) is 5.58. The Morgan fingerprint density at radius 2 is 2.33 bits per heavy atom. The third-order valence-corrected chi connectivity index (χ3v) is 4.69. The Hall–Kier alpha value is -0.120. The smallest absolute Gasteiger partial charge is 0.211 e. The number of rotatable bonds is 3. The van der Waals surface area contributed by atoms with E-state index in [4.69, 9.17) is 16.0 Å². The van der Waals surface area contributed by atoms with Crippen LogP contribution in [0.1, 0.15) is 33.6 Å². The molecule has 0 aromatic carbocycles. The predicted octanol–water partition coefficient (Wildman–Crippen LogP) is 1.59. The first-order valence-electron chi connectivity index (χ1n) is 6.18. The van der Waals surface area contributed by atoms with Gasteiger partial charge in [-0.2, -0.15) is 0 Å². The van der Waals surface area contributed by atoms with Crippen molar-refractivity contribution in [3.63, 3.8) is 0 Å². The maximum atomic E-state index is 7.33. The molecule has 1 aliphatic carbocycles. The zero-order valence-electron chi connectivity index (χ0n) is 11.1. The standard InChI is InChI=1S/C12H22O3/c1-8-5-6-12(11(2,3)14-4)7-15-9(8)10(12)13/h8-10,13H,5-7H2,1-4H3/t8-,9+,10+,12-/m1/s1/i13T. The molecule has 2 aliphatic rings. The number of methoxy groups -OCH3 is 1. The molecule has 0 amide bonds. The molecule has 2 rings (SSSR count). The van der Waals surface area contributed by atoms with Crippen molar-refractivity contribution in [1.29, 1.82) is 1.43 Å². The minimum Gasteiger partial charge on any atom is -0.390 e. The van der Waals surface area contributed by atoms with Crippen LogP contribution < -0.4 is 0 Å². The summed E-state index contributed by atoms with van der Waals surface area (Å²) in [4.78, 5) is 0. The normalized spacial score (nSPS) is 46.7. The van der Waals surface area contributed by atoms with Crippen molar-refractivity contribution in [2.24, 2.45) is 11.3 Å². The van der Waals surface area contributed by atoms with Gasteiger partial charge in [0.15, 0.2) is 0 Å². The molecule has 2 bridgehead atoms. The van der Waals surface area contributed by atoms with E-state index in [9.17, 15) is 0 Å². The Kier molecular flexibility index (Phi) is 2.31. The monoisotopic (exact) mass is 216 g/mol. The molecule has 15 heavy (non-hydrogen) atoms. The van der Waals surface area contributed by atoms with Gasteiger partial charge in [-0.05, 0) is 32.6 Å². The largest absolute Gasteiger partial charge is 0.390 e. The van der Waals surface area contributed by atoms with Gasteiger partial charge in [0.2, 0.25) is 1.43 Å². The van der Waals surface area contributed by atoms with Gasteiger partial charge in [-0.15, -0.1) is 0 Å². The van der Waals surface area contributed by atoms with Gasteiger partial charge >= 0.3 is 0 Å². The number of ether oxygens (including phenoxy) is 2. The van der Waals surface area contributed by atoms with Crippen LogP contribution in [0.25, 0.3) is 0 Å². The van der Waals surface area contributed by atoms with Crippen LogP contribution in [-0.2, 0) is 9.47 Å². The predicted molar refractivity (Wildman–Crippen MR) is 57.7 cm³/mol. The van der Waals surface area contributed by atoms with Crippen molar-refractivity contribution in [3.05, 3.63) is 0 Å². The summed E-state index contributed by atoms with van der Waals surface area (Å²) in [7, 11) is 1.72. The van der Waals surface area contributed by atoms with E-state index in [-0.39, 0.29) is 23.2 Å². The van der Waals surface area contributed by atoms with Crippen molar-refractivity contribution in [3.8, 4) is 0 Å². The van der Waals surface area contributed by atoms with Crippen LogP contribution in [0.15, 0.2) is 0 Å². The first-order chi connectivity index (χ1) is 7.48. The summed E-state index contributed by atoms with van der Waals surface area (Å²) in [5.41, 5.74) is -0.478. The highest BCUT2D eigenvalue weighted by Crippen LogP contribution is 2.53. The Morgan fingerprint density at radius 1 is 1.60 bits per heavy atom. The van der Waals surface area contributed by atoms with E-state index >= 15 is 0 Å². The molecule has 2 fully saturated rings. The zero-order valence-corrected chi connectivity index (χ0v) is 10.1. The molecule has 1 aliphatic heterocycles. The van der Waals surface area contributed by atoms with E-state index in [0.29, 0.717) is 12.5 Å². The highest BCUT2D eigenvalue weighted by atomic mass is 16.5. The number of hydrogen-bond donors (Lipinski definition) is 1. The van der Waals surface area contributed by atoms with Gasteiger partial charge in [-0.25, -0.2) is 0 Å². The first-order valence-corrected chi connectivity index (χ1v) is 5.77. The maximum Gasteiger partial charge on any atom is 0.211 e. The van der Waals surface area contributed by atoms with Crippen molar-refractivity contribution < 1.29 is 14.6 Å². The minimum atomic E-state index is -0.312. The van der Waals surface area contributed by atoms with Crippen LogP contribution in [0, 0.1) is 11.3 Å². The van der Waals surface area contributed by atoms with Gasteiger partial charge in [-0.3, -0.25) is 0 Å². The lowest BCUT2D eigenvalue weighted by molar-refractivity contribution is -0.145. The molecule has 0 spiro atoms. The lowest BCUT2D eigenvalue weighted by Crippen LogP contribution is -2.56. The Labute approximate surface area is 93.3 Å².